The second-order valence-electron chi connectivity index (χ2n) is 5.62. The van der Waals surface area contributed by atoms with Gasteiger partial charge in [0, 0.05) is 18.6 Å². The third-order valence-corrected chi connectivity index (χ3v) is 4.01. The summed E-state index contributed by atoms with van der Waals surface area (Å²) in [7, 11) is 2.27. The first-order valence-electron chi connectivity index (χ1n) is 6.69. The molecule has 2 atom stereocenters. The number of nitrogens with zero attached hydrogens (tertiary/aromatic N) is 1. The summed E-state index contributed by atoms with van der Waals surface area (Å²) in [5.74, 6) is 1.05. The zero-order chi connectivity index (χ0) is 10.7. The van der Waals surface area contributed by atoms with E-state index in [9.17, 15) is 0 Å². The smallest absolute Gasteiger partial charge is 0.0217 e. The van der Waals surface area contributed by atoms with E-state index in [0.717, 1.165) is 18.0 Å². The van der Waals surface area contributed by atoms with E-state index >= 15 is 0 Å². The molecule has 0 spiro atoms. The third kappa shape index (κ3) is 3.76. The van der Waals surface area contributed by atoms with Crippen molar-refractivity contribution in [3.8, 4) is 0 Å². The summed E-state index contributed by atoms with van der Waals surface area (Å²) in [5, 5.41) is 3.71. The Morgan fingerprint density at radius 3 is 2.73 bits per heavy atom. The molecule has 1 heterocycles. The second kappa shape index (κ2) is 5.31. The van der Waals surface area contributed by atoms with Crippen LogP contribution in [0.3, 0.4) is 0 Å². The van der Waals surface area contributed by atoms with Crippen LogP contribution in [0.1, 0.15) is 45.4 Å². The molecule has 1 saturated carbocycles. The van der Waals surface area contributed by atoms with Crippen molar-refractivity contribution >= 4 is 0 Å². The van der Waals surface area contributed by atoms with E-state index in [1.807, 2.05) is 0 Å². The summed E-state index contributed by atoms with van der Waals surface area (Å²) in [6.45, 7) is 4.84. The Labute approximate surface area is 94.4 Å². The average molecular weight is 210 g/mol. The van der Waals surface area contributed by atoms with Crippen molar-refractivity contribution in [1.29, 1.82) is 0 Å². The summed E-state index contributed by atoms with van der Waals surface area (Å²) in [6.07, 6.45) is 8.57. The first kappa shape index (κ1) is 11.4. The molecule has 1 N–H and O–H groups in total. The Hall–Kier alpha value is -0.0800. The zero-order valence-electron chi connectivity index (χ0n) is 10.3. The maximum atomic E-state index is 3.71. The van der Waals surface area contributed by atoms with Gasteiger partial charge >= 0.3 is 0 Å². The molecule has 2 aliphatic rings. The van der Waals surface area contributed by atoms with Crippen LogP contribution in [0, 0.1) is 5.92 Å². The van der Waals surface area contributed by atoms with Crippen LogP contribution >= 0.6 is 0 Å². The van der Waals surface area contributed by atoms with Gasteiger partial charge < -0.3 is 10.2 Å². The van der Waals surface area contributed by atoms with Crippen molar-refractivity contribution in [3.63, 3.8) is 0 Å². The van der Waals surface area contributed by atoms with Crippen LogP contribution in [-0.4, -0.2) is 37.1 Å². The van der Waals surface area contributed by atoms with Crippen molar-refractivity contribution in [2.45, 2.75) is 57.5 Å². The molecule has 2 fully saturated rings. The predicted octanol–water partition coefficient (Wildman–Crippen LogP) is 2.25. The van der Waals surface area contributed by atoms with Gasteiger partial charge in [0.25, 0.3) is 0 Å². The second-order valence-corrected chi connectivity index (χ2v) is 5.62. The highest BCUT2D eigenvalue weighted by Gasteiger charge is 2.24. The Morgan fingerprint density at radius 2 is 2.07 bits per heavy atom. The molecule has 2 rings (SSSR count). The Morgan fingerprint density at radius 1 is 1.27 bits per heavy atom. The lowest BCUT2D eigenvalue weighted by Crippen LogP contribution is -2.45. The van der Waals surface area contributed by atoms with Crippen LogP contribution in [0.4, 0.5) is 0 Å². The fourth-order valence-electron chi connectivity index (χ4n) is 2.68. The van der Waals surface area contributed by atoms with E-state index < -0.39 is 0 Å². The molecule has 88 valence electrons. The van der Waals surface area contributed by atoms with E-state index in [0.29, 0.717) is 0 Å². The molecule has 2 nitrogen and oxygen atoms in total. The number of hydrogen-bond acceptors (Lipinski definition) is 2. The lowest BCUT2D eigenvalue weighted by molar-refractivity contribution is 0.177. The normalized spacial score (nSPS) is 30.4. The molecule has 0 bridgehead atoms. The Bertz CT molecular complexity index is 189. The minimum atomic E-state index is 0.729. The molecule has 0 aromatic rings. The van der Waals surface area contributed by atoms with Gasteiger partial charge in [0.2, 0.25) is 0 Å². The van der Waals surface area contributed by atoms with Crippen molar-refractivity contribution in [2.75, 3.05) is 20.1 Å². The highest BCUT2D eigenvalue weighted by atomic mass is 15.2. The lowest BCUT2D eigenvalue weighted by Gasteiger charge is -2.33. The fourth-order valence-corrected chi connectivity index (χ4v) is 2.68. The van der Waals surface area contributed by atoms with Gasteiger partial charge in [-0.05, 0) is 45.7 Å². The summed E-state index contributed by atoms with van der Waals surface area (Å²) in [6, 6.07) is 1.52. The molecule has 0 aromatic carbocycles. The molecular formula is C13H26N2. The number of piperidine rings is 1. The van der Waals surface area contributed by atoms with Gasteiger partial charge in [-0.1, -0.05) is 19.3 Å². The van der Waals surface area contributed by atoms with Crippen molar-refractivity contribution in [2.24, 2.45) is 5.92 Å². The summed E-state index contributed by atoms with van der Waals surface area (Å²) in [4.78, 5) is 2.53. The van der Waals surface area contributed by atoms with Crippen LogP contribution in [0.25, 0.3) is 0 Å². The molecule has 1 aliphatic heterocycles. The van der Waals surface area contributed by atoms with Crippen LogP contribution in [0.5, 0.6) is 0 Å². The van der Waals surface area contributed by atoms with Gasteiger partial charge in [-0.15, -0.1) is 0 Å². The van der Waals surface area contributed by atoms with E-state index in [1.165, 1.54) is 51.6 Å². The standard InChI is InChI=1S/C13H26N2/c1-11(9-12-6-7-12)14-10-13-5-3-4-8-15(13)2/h11-14H,3-10H2,1-2H3. The minimum absolute atomic E-state index is 0.729. The molecule has 0 aromatic heterocycles. The molecule has 2 unspecified atom stereocenters. The molecule has 15 heavy (non-hydrogen) atoms. The largest absolute Gasteiger partial charge is 0.313 e. The van der Waals surface area contributed by atoms with Crippen LogP contribution in [0.15, 0.2) is 0 Å². The summed E-state index contributed by atoms with van der Waals surface area (Å²) in [5.41, 5.74) is 0. The molecule has 2 heteroatoms. The van der Waals surface area contributed by atoms with Gasteiger partial charge in [0.05, 0.1) is 0 Å². The number of hydrogen-bond donors (Lipinski definition) is 1. The van der Waals surface area contributed by atoms with Crippen molar-refractivity contribution in [1.82, 2.24) is 10.2 Å². The summed E-state index contributed by atoms with van der Waals surface area (Å²) >= 11 is 0. The Balaban J connectivity index is 1.62. The van der Waals surface area contributed by atoms with Gasteiger partial charge in [-0.25, -0.2) is 0 Å². The quantitative estimate of drug-likeness (QED) is 0.749. The monoisotopic (exact) mass is 210 g/mol. The molecule has 1 aliphatic carbocycles. The SMILES string of the molecule is CC(CC1CC1)NCC1CCCCN1C. The first-order chi connectivity index (χ1) is 7.25. The van der Waals surface area contributed by atoms with E-state index in [-0.39, 0.29) is 0 Å². The number of rotatable bonds is 5. The van der Waals surface area contributed by atoms with Crippen LogP contribution in [0.2, 0.25) is 0 Å². The number of likely N-dealkylation sites (N-methyl/N-ethyl adjacent to an activating group) is 1. The maximum absolute atomic E-state index is 3.71. The first-order valence-corrected chi connectivity index (χ1v) is 6.69. The summed E-state index contributed by atoms with van der Waals surface area (Å²) < 4.78 is 0. The number of nitrogens with one attached hydrogen (secondary N) is 1. The molecule has 1 saturated heterocycles. The van der Waals surface area contributed by atoms with E-state index in [1.54, 1.807) is 0 Å². The lowest BCUT2D eigenvalue weighted by atomic mass is 10.0. The van der Waals surface area contributed by atoms with Gasteiger partial charge in [-0.2, -0.15) is 0 Å². The van der Waals surface area contributed by atoms with Crippen LogP contribution in [-0.2, 0) is 0 Å². The predicted molar refractivity (Wildman–Crippen MR) is 65.1 cm³/mol. The Kier molecular flexibility index (Phi) is 4.04. The zero-order valence-corrected chi connectivity index (χ0v) is 10.3. The van der Waals surface area contributed by atoms with Crippen molar-refractivity contribution in [3.05, 3.63) is 0 Å². The molecule has 0 amide bonds. The highest BCUT2D eigenvalue weighted by Crippen LogP contribution is 2.33. The van der Waals surface area contributed by atoms with Crippen LogP contribution < -0.4 is 5.32 Å². The van der Waals surface area contributed by atoms with Crippen molar-refractivity contribution < 1.29 is 0 Å². The highest BCUT2D eigenvalue weighted by molar-refractivity contribution is 4.81. The topological polar surface area (TPSA) is 15.3 Å². The van der Waals surface area contributed by atoms with Gasteiger partial charge in [-0.3, -0.25) is 0 Å². The van der Waals surface area contributed by atoms with E-state index in [2.05, 4.69) is 24.2 Å². The maximum Gasteiger partial charge on any atom is 0.0217 e. The van der Waals surface area contributed by atoms with Gasteiger partial charge in [0.15, 0.2) is 0 Å². The van der Waals surface area contributed by atoms with E-state index in [4.69, 9.17) is 0 Å². The molecular weight excluding hydrogens is 184 g/mol. The van der Waals surface area contributed by atoms with Gasteiger partial charge in [0.1, 0.15) is 0 Å². The molecule has 0 radical (unpaired) electrons. The minimum Gasteiger partial charge on any atom is -0.313 e. The average Bonchev–Trinajstić information content (AvgIpc) is 3.00. The fraction of sp³-hybridized carbons (Fsp3) is 1.00. The number of likely N-dealkylation sites (tertiary alicyclic amines) is 1. The third-order valence-electron chi connectivity index (χ3n) is 4.01.